The van der Waals surface area contributed by atoms with E-state index in [-0.39, 0.29) is 24.3 Å². The topological polar surface area (TPSA) is 118 Å². The maximum atomic E-state index is 12.7. The minimum Gasteiger partial charge on any atom is -0.444 e. The number of amides is 3. The molecule has 1 N–H and O–H groups in total. The van der Waals surface area contributed by atoms with E-state index >= 15 is 0 Å². The van der Waals surface area contributed by atoms with Crippen LogP contribution in [0.4, 0.5) is 4.79 Å². The van der Waals surface area contributed by atoms with Crippen LogP contribution in [0.15, 0.2) is 4.52 Å². The Kier molecular flexibility index (Phi) is 7.97. The molecule has 10 heteroatoms. The van der Waals surface area contributed by atoms with E-state index in [1.54, 1.807) is 9.80 Å². The lowest BCUT2D eigenvalue weighted by Gasteiger charge is -2.35. The van der Waals surface area contributed by atoms with Gasteiger partial charge in [0.2, 0.25) is 17.7 Å². The van der Waals surface area contributed by atoms with E-state index in [0.717, 1.165) is 38.5 Å². The minimum absolute atomic E-state index is 0.00960. The van der Waals surface area contributed by atoms with E-state index in [0.29, 0.717) is 44.3 Å². The summed E-state index contributed by atoms with van der Waals surface area (Å²) < 4.78 is 10.8. The van der Waals surface area contributed by atoms with Crippen LogP contribution in [0.25, 0.3) is 0 Å². The fraction of sp³-hybridized carbons (Fsp3) is 0.783. The molecule has 1 aromatic heterocycles. The van der Waals surface area contributed by atoms with Crippen LogP contribution >= 0.6 is 0 Å². The summed E-state index contributed by atoms with van der Waals surface area (Å²) in [6.45, 7) is 8.85. The van der Waals surface area contributed by atoms with E-state index in [1.807, 2.05) is 20.8 Å². The monoisotopic (exact) mass is 463 g/mol. The summed E-state index contributed by atoms with van der Waals surface area (Å²) in [6, 6.07) is 0. The van der Waals surface area contributed by atoms with Gasteiger partial charge >= 0.3 is 6.09 Å². The second-order valence-electron chi connectivity index (χ2n) is 10.0. The van der Waals surface area contributed by atoms with Gasteiger partial charge in [0.15, 0.2) is 5.82 Å². The molecule has 10 nitrogen and oxygen atoms in total. The molecule has 0 aromatic carbocycles. The second kappa shape index (κ2) is 10.5. The van der Waals surface area contributed by atoms with E-state index in [9.17, 15) is 14.4 Å². The first-order valence-corrected chi connectivity index (χ1v) is 12.0. The van der Waals surface area contributed by atoms with Crippen LogP contribution in [0.2, 0.25) is 0 Å². The van der Waals surface area contributed by atoms with Gasteiger partial charge in [-0.3, -0.25) is 9.59 Å². The number of rotatable bonds is 5. The van der Waals surface area contributed by atoms with E-state index in [2.05, 4.69) is 15.5 Å². The third-order valence-corrected chi connectivity index (χ3v) is 6.11. The van der Waals surface area contributed by atoms with Gasteiger partial charge in [0.25, 0.3) is 0 Å². The molecule has 3 amide bonds. The lowest BCUT2D eigenvalue weighted by molar-refractivity contribution is -0.133. The van der Waals surface area contributed by atoms with Gasteiger partial charge in [-0.05, 0) is 33.6 Å². The van der Waals surface area contributed by atoms with Crippen LogP contribution in [-0.4, -0.2) is 69.6 Å². The van der Waals surface area contributed by atoms with Crippen molar-refractivity contribution in [2.24, 2.45) is 0 Å². The Morgan fingerprint density at radius 3 is 2.21 bits per heavy atom. The van der Waals surface area contributed by atoms with Gasteiger partial charge in [-0.1, -0.05) is 30.8 Å². The van der Waals surface area contributed by atoms with E-state index < -0.39 is 11.1 Å². The number of carbonyl (C=O) groups is 3. The first-order valence-electron chi connectivity index (χ1n) is 12.0. The molecule has 3 rings (SSSR count). The molecule has 0 radical (unpaired) electrons. The zero-order chi connectivity index (χ0) is 24.1. The van der Waals surface area contributed by atoms with Crippen molar-refractivity contribution in [2.75, 3.05) is 26.2 Å². The third kappa shape index (κ3) is 6.91. The van der Waals surface area contributed by atoms with Crippen molar-refractivity contribution in [3.8, 4) is 0 Å². The number of nitrogens with one attached hydrogen (secondary N) is 1. The van der Waals surface area contributed by atoms with E-state index in [4.69, 9.17) is 9.26 Å². The largest absolute Gasteiger partial charge is 0.444 e. The maximum absolute atomic E-state index is 12.7. The summed E-state index contributed by atoms with van der Waals surface area (Å²) >= 11 is 0. The van der Waals surface area contributed by atoms with Crippen LogP contribution in [0.1, 0.15) is 84.4 Å². The molecule has 1 aromatic rings. The average Bonchev–Trinajstić information content (AvgIpc) is 3.11. The number of aryl methyl sites for hydroxylation is 1. The summed E-state index contributed by atoms with van der Waals surface area (Å²) in [5.41, 5.74) is -1.13. The van der Waals surface area contributed by atoms with Crippen molar-refractivity contribution in [1.82, 2.24) is 25.3 Å². The highest BCUT2D eigenvalue weighted by molar-refractivity contribution is 5.77. The molecule has 1 aliphatic heterocycles. The quantitative estimate of drug-likeness (QED) is 0.667. The summed E-state index contributed by atoms with van der Waals surface area (Å²) in [5.74, 6) is 0.793. The first kappa shape index (κ1) is 25.0. The first-order chi connectivity index (χ1) is 15.6. The molecule has 2 fully saturated rings. The number of carbonyl (C=O) groups excluding carboxylic acids is 3. The van der Waals surface area contributed by atoms with Crippen molar-refractivity contribution in [3.05, 3.63) is 11.7 Å². The van der Waals surface area contributed by atoms with Gasteiger partial charge in [-0.15, -0.1) is 0 Å². The SMILES string of the molecule is CC(=O)NC1(c2noc(CCC(=O)N3CCN(C(=O)OC(C)(C)C)CC3)n2)CCCCCC1. The van der Waals surface area contributed by atoms with Crippen LogP contribution in [0, 0.1) is 0 Å². The molecule has 1 saturated carbocycles. The molecule has 33 heavy (non-hydrogen) atoms. The van der Waals surface area contributed by atoms with Gasteiger partial charge in [0, 0.05) is 45.9 Å². The van der Waals surface area contributed by atoms with Gasteiger partial charge < -0.3 is 24.4 Å². The average molecular weight is 464 g/mol. The maximum Gasteiger partial charge on any atom is 0.410 e. The van der Waals surface area contributed by atoms with Gasteiger partial charge in [0.05, 0.1) is 0 Å². The smallest absolute Gasteiger partial charge is 0.410 e. The number of hydrogen-bond donors (Lipinski definition) is 1. The molecular formula is C23H37N5O5. The summed E-state index contributed by atoms with van der Waals surface area (Å²) in [6.07, 6.45) is 6.06. The Labute approximate surface area is 195 Å². The summed E-state index contributed by atoms with van der Waals surface area (Å²) in [5, 5.41) is 7.24. The molecule has 1 aliphatic carbocycles. The molecule has 0 bridgehead atoms. The zero-order valence-electron chi connectivity index (χ0n) is 20.3. The summed E-state index contributed by atoms with van der Waals surface area (Å²) in [7, 11) is 0. The fourth-order valence-corrected chi connectivity index (χ4v) is 4.46. The molecule has 2 aliphatic rings. The normalized spacial score (nSPS) is 19.0. The highest BCUT2D eigenvalue weighted by Gasteiger charge is 2.38. The predicted molar refractivity (Wildman–Crippen MR) is 120 cm³/mol. The lowest BCUT2D eigenvalue weighted by Crippen LogP contribution is -2.51. The van der Waals surface area contributed by atoms with Crippen molar-refractivity contribution in [3.63, 3.8) is 0 Å². The van der Waals surface area contributed by atoms with Crippen LogP contribution in [0.3, 0.4) is 0 Å². The van der Waals surface area contributed by atoms with Crippen LogP contribution < -0.4 is 5.32 Å². The third-order valence-electron chi connectivity index (χ3n) is 6.11. The Bertz CT molecular complexity index is 831. The Balaban J connectivity index is 1.52. The predicted octanol–water partition coefficient (Wildman–Crippen LogP) is 2.77. The molecule has 0 atom stereocenters. The van der Waals surface area contributed by atoms with Gasteiger partial charge in [0.1, 0.15) is 11.1 Å². The van der Waals surface area contributed by atoms with Crippen LogP contribution in [-0.2, 0) is 26.3 Å². The van der Waals surface area contributed by atoms with Crippen LogP contribution in [0.5, 0.6) is 0 Å². The molecule has 0 unspecified atom stereocenters. The standard InChI is InChI=1S/C23H37N5O5/c1-17(29)25-23(11-7-5-6-8-12-23)20-24-18(33-26-20)9-10-19(30)27-13-15-28(16-14-27)21(31)32-22(2,3)4/h5-16H2,1-4H3,(H,25,29). The van der Waals surface area contributed by atoms with E-state index in [1.165, 1.54) is 6.92 Å². The lowest BCUT2D eigenvalue weighted by atomic mass is 9.89. The molecule has 2 heterocycles. The number of nitrogens with zero attached hydrogens (tertiary/aromatic N) is 4. The number of aromatic nitrogens is 2. The Morgan fingerprint density at radius 2 is 1.64 bits per heavy atom. The highest BCUT2D eigenvalue weighted by Crippen LogP contribution is 2.34. The molecule has 184 valence electrons. The Morgan fingerprint density at radius 1 is 1.03 bits per heavy atom. The highest BCUT2D eigenvalue weighted by atomic mass is 16.6. The fourth-order valence-electron chi connectivity index (χ4n) is 4.46. The van der Waals surface area contributed by atoms with Crippen molar-refractivity contribution < 1.29 is 23.6 Å². The van der Waals surface area contributed by atoms with Gasteiger partial charge in [-0.25, -0.2) is 4.79 Å². The Hall–Kier alpha value is -2.65. The molecule has 1 saturated heterocycles. The second-order valence-corrected chi connectivity index (χ2v) is 10.0. The number of hydrogen-bond acceptors (Lipinski definition) is 7. The molecular weight excluding hydrogens is 426 g/mol. The van der Waals surface area contributed by atoms with Crippen molar-refractivity contribution >= 4 is 17.9 Å². The summed E-state index contributed by atoms with van der Waals surface area (Å²) in [4.78, 5) is 44.7. The van der Waals surface area contributed by atoms with Gasteiger partial charge in [-0.2, -0.15) is 4.98 Å². The van der Waals surface area contributed by atoms with Crippen molar-refractivity contribution in [1.29, 1.82) is 0 Å². The minimum atomic E-state index is -0.591. The molecule has 0 spiro atoms. The number of ether oxygens (including phenoxy) is 1. The zero-order valence-corrected chi connectivity index (χ0v) is 20.3. The van der Waals surface area contributed by atoms with Crippen molar-refractivity contribution in [2.45, 2.75) is 90.2 Å². The number of piperazine rings is 1.